The lowest BCUT2D eigenvalue weighted by Gasteiger charge is -2.12. The molecule has 0 atom stereocenters. The summed E-state index contributed by atoms with van der Waals surface area (Å²) in [6.07, 6.45) is 0.875. The highest BCUT2D eigenvalue weighted by Gasteiger charge is 2.16. The monoisotopic (exact) mass is 325 g/mol. The number of ether oxygens (including phenoxy) is 1. The predicted molar refractivity (Wildman–Crippen MR) is 86.5 cm³/mol. The van der Waals surface area contributed by atoms with Crippen molar-refractivity contribution in [3.05, 3.63) is 33.8 Å². The maximum Gasteiger partial charge on any atom is 0.267 e. The van der Waals surface area contributed by atoms with Crippen molar-refractivity contribution in [2.24, 2.45) is 0 Å². The maximum atomic E-state index is 12.3. The molecule has 2 rings (SSSR count). The van der Waals surface area contributed by atoms with Crippen molar-refractivity contribution in [1.29, 1.82) is 0 Å². The number of carbonyl (C=O) groups excluding carboxylic acids is 1. The number of carbonyl (C=O) groups is 1. The van der Waals surface area contributed by atoms with Crippen LogP contribution in [0.2, 0.25) is 5.02 Å². The Balaban J connectivity index is 2.23. The van der Waals surface area contributed by atoms with Gasteiger partial charge in [0.2, 0.25) is 0 Å². The molecule has 1 amide bonds. The lowest BCUT2D eigenvalue weighted by Crippen LogP contribution is -2.13. The van der Waals surface area contributed by atoms with Crippen molar-refractivity contribution in [2.75, 3.05) is 17.7 Å². The molecule has 0 radical (unpaired) electrons. The summed E-state index contributed by atoms with van der Waals surface area (Å²) in [6.45, 7) is 4.32. The second-order valence-corrected chi connectivity index (χ2v) is 5.88. The minimum Gasteiger partial charge on any atom is -0.491 e. The number of hydrogen-bond acceptors (Lipinski definition) is 5. The van der Waals surface area contributed by atoms with E-state index < -0.39 is 0 Å². The predicted octanol–water partition coefficient (Wildman–Crippen LogP) is 3.73. The number of aromatic nitrogens is 1. The van der Waals surface area contributed by atoms with E-state index in [1.165, 1.54) is 0 Å². The van der Waals surface area contributed by atoms with Gasteiger partial charge in [-0.25, -0.2) is 4.98 Å². The minimum atomic E-state index is -0.273. The van der Waals surface area contributed by atoms with Crippen molar-refractivity contribution in [3.63, 3.8) is 0 Å². The third kappa shape index (κ3) is 3.86. The Kier molecular flexibility index (Phi) is 5.03. The smallest absolute Gasteiger partial charge is 0.267 e. The fourth-order valence-electron chi connectivity index (χ4n) is 1.74. The molecule has 3 N–H and O–H groups in total. The number of nitrogens with one attached hydrogen (secondary N) is 1. The number of amides is 1. The summed E-state index contributed by atoms with van der Waals surface area (Å²) >= 11 is 7.13. The average Bonchev–Trinajstić information content (AvgIpc) is 2.77. The molecule has 2 aromatic rings. The van der Waals surface area contributed by atoms with Crippen LogP contribution in [0.15, 0.2) is 18.2 Å². The van der Waals surface area contributed by atoms with E-state index >= 15 is 0 Å². The van der Waals surface area contributed by atoms with E-state index in [-0.39, 0.29) is 5.91 Å². The first-order valence-electron chi connectivity index (χ1n) is 6.48. The van der Waals surface area contributed by atoms with Gasteiger partial charge in [0.1, 0.15) is 10.6 Å². The number of nitrogens with zero attached hydrogens (tertiary/aromatic N) is 1. The number of thiazole rings is 1. The number of halogens is 1. The Bertz CT molecular complexity index is 658. The van der Waals surface area contributed by atoms with Crippen LogP contribution in [-0.4, -0.2) is 17.5 Å². The molecule has 0 aliphatic rings. The molecule has 112 valence electrons. The first-order chi connectivity index (χ1) is 10.0. The van der Waals surface area contributed by atoms with E-state index in [1.54, 1.807) is 25.1 Å². The molecule has 0 unspecified atom stereocenters. The van der Waals surface area contributed by atoms with Gasteiger partial charge in [0.25, 0.3) is 5.91 Å². The molecule has 0 bridgehead atoms. The summed E-state index contributed by atoms with van der Waals surface area (Å²) in [4.78, 5) is 16.8. The molecular formula is C14H16ClN3O2S. The minimum absolute atomic E-state index is 0.273. The number of aryl methyl sites for hydroxylation is 1. The summed E-state index contributed by atoms with van der Waals surface area (Å²) in [7, 11) is 0. The van der Waals surface area contributed by atoms with Gasteiger partial charge in [-0.1, -0.05) is 29.9 Å². The van der Waals surface area contributed by atoms with E-state index in [0.29, 0.717) is 38.8 Å². The Labute approximate surface area is 132 Å². The SMILES string of the molecule is CCCOc1ccc(Cl)cc1NC(=O)c1sc(N)nc1C. The molecule has 0 aliphatic heterocycles. The lowest BCUT2D eigenvalue weighted by molar-refractivity contribution is 0.102. The van der Waals surface area contributed by atoms with E-state index in [0.717, 1.165) is 17.8 Å². The molecule has 0 aliphatic carbocycles. The third-order valence-corrected chi connectivity index (χ3v) is 3.89. The Morgan fingerprint density at radius 3 is 2.90 bits per heavy atom. The summed E-state index contributed by atoms with van der Waals surface area (Å²) < 4.78 is 5.60. The van der Waals surface area contributed by atoms with Crippen molar-refractivity contribution in [1.82, 2.24) is 4.98 Å². The molecular weight excluding hydrogens is 310 g/mol. The number of rotatable bonds is 5. The normalized spacial score (nSPS) is 10.4. The van der Waals surface area contributed by atoms with Gasteiger partial charge in [-0.2, -0.15) is 0 Å². The molecule has 1 heterocycles. The first-order valence-corrected chi connectivity index (χ1v) is 7.67. The van der Waals surface area contributed by atoms with E-state index in [1.807, 2.05) is 6.92 Å². The van der Waals surface area contributed by atoms with Crippen LogP contribution in [0.4, 0.5) is 10.8 Å². The molecule has 0 fully saturated rings. The topological polar surface area (TPSA) is 77.2 Å². The number of benzene rings is 1. The van der Waals surface area contributed by atoms with Crippen LogP contribution in [0.25, 0.3) is 0 Å². The second kappa shape index (κ2) is 6.78. The number of hydrogen-bond donors (Lipinski definition) is 2. The highest BCUT2D eigenvalue weighted by Crippen LogP contribution is 2.30. The fourth-order valence-corrected chi connectivity index (χ4v) is 2.65. The van der Waals surface area contributed by atoms with Crippen LogP contribution in [0, 0.1) is 6.92 Å². The molecule has 5 nitrogen and oxygen atoms in total. The number of nitrogens with two attached hydrogens (primary N) is 1. The summed E-state index contributed by atoms with van der Waals surface area (Å²) in [5, 5.41) is 3.69. The molecule has 0 saturated carbocycles. The van der Waals surface area contributed by atoms with E-state index in [9.17, 15) is 4.79 Å². The van der Waals surface area contributed by atoms with Crippen LogP contribution >= 0.6 is 22.9 Å². The largest absolute Gasteiger partial charge is 0.491 e. The van der Waals surface area contributed by atoms with E-state index in [4.69, 9.17) is 22.1 Å². The lowest BCUT2D eigenvalue weighted by atomic mass is 10.2. The van der Waals surface area contributed by atoms with Crippen LogP contribution in [0.3, 0.4) is 0 Å². The van der Waals surface area contributed by atoms with Crippen LogP contribution in [0.1, 0.15) is 28.7 Å². The van der Waals surface area contributed by atoms with Crippen LogP contribution in [0.5, 0.6) is 5.75 Å². The third-order valence-electron chi connectivity index (χ3n) is 2.67. The zero-order valence-electron chi connectivity index (χ0n) is 11.8. The van der Waals surface area contributed by atoms with Gasteiger partial charge >= 0.3 is 0 Å². The Morgan fingerprint density at radius 2 is 2.29 bits per heavy atom. The van der Waals surface area contributed by atoms with Gasteiger partial charge in [-0.15, -0.1) is 0 Å². The van der Waals surface area contributed by atoms with Crippen molar-refractivity contribution < 1.29 is 9.53 Å². The molecule has 7 heteroatoms. The van der Waals surface area contributed by atoms with Gasteiger partial charge in [0.05, 0.1) is 18.0 Å². The van der Waals surface area contributed by atoms with E-state index in [2.05, 4.69) is 10.3 Å². The quantitative estimate of drug-likeness (QED) is 0.878. The number of anilines is 2. The second-order valence-electron chi connectivity index (χ2n) is 4.41. The Hall–Kier alpha value is -1.79. The zero-order chi connectivity index (χ0) is 15.4. The standard InChI is InChI=1S/C14H16ClN3O2S/c1-3-6-20-11-5-4-9(15)7-10(11)18-13(19)12-8(2)17-14(16)21-12/h4-5,7H,3,6H2,1-2H3,(H2,16,17)(H,18,19). The zero-order valence-corrected chi connectivity index (χ0v) is 13.3. The van der Waals surface area contributed by atoms with Crippen molar-refractivity contribution in [3.8, 4) is 5.75 Å². The maximum absolute atomic E-state index is 12.3. The van der Waals surface area contributed by atoms with Crippen molar-refractivity contribution >= 4 is 39.7 Å². The highest BCUT2D eigenvalue weighted by atomic mass is 35.5. The molecule has 1 aromatic heterocycles. The Morgan fingerprint density at radius 1 is 1.52 bits per heavy atom. The van der Waals surface area contributed by atoms with Gasteiger partial charge < -0.3 is 15.8 Å². The van der Waals surface area contributed by atoms with Crippen LogP contribution < -0.4 is 15.8 Å². The van der Waals surface area contributed by atoms with Gasteiger partial charge in [-0.3, -0.25) is 4.79 Å². The molecule has 21 heavy (non-hydrogen) atoms. The fraction of sp³-hybridized carbons (Fsp3) is 0.286. The summed E-state index contributed by atoms with van der Waals surface area (Å²) in [6, 6.07) is 5.11. The summed E-state index contributed by atoms with van der Waals surface area (Å²) in [5.74, 6) is 0.315. The molecule has 0 spiro atoms. The van der Waals surface area contributed by atoms with Gasteiger partial charge in [0, 0.05) is 5.02 Å². The highest BCUT2D eigenvalue weighted by molar-refractivity contribution is 7.17. The average molecular weight is 326 g/mol. The molecule has 0 saturated heterocycles. The first kappa shape index (κ1) is 15.6. The van der Waals surface area contributed by atoms with Gasteiger partial charge in [0.15, 0.2) is 5.13 Å². The molecule has 1 aromatic carbocycles. The summed E-state index contributed by atoms with van der Waals surface area (Å²) in [5.41, 5.74) is 6.75. The van der Waals surface area contributed by atoms with Gasteiger partial charge in [-0.05, 0) is 31.5 Å². The van der Waals surface area contributed by atoms with Crippen molar-refractivity contribution in [2.45, 2.75) is 20.3 Å². The number of nitrogen functional groups attached to an aromatic ring is 1. The van der Waals surface area contributed by atoms with Crippen LogP contribution in [-0.2, 0) is 0 Å².